The smallest absolute Gasteiger partial charge is 0.220 e. The van der Waals surface area contributed by atoms with Crippen molar-refractivity contribution in [3.63, 3.8) is 0 Å². The molecule has 1 aliphatic carbocycles. The summed E-state index contributed by atoms with van der Waals surface area (Å²) in [5, 5.41) is 3.19. The topological polar surface area (TPSA) is 47.6 Å². The van der Waals surface area contributed by atoms with E-state index in [0.717, 1.165) is 22.9 Å². The Morgan fingerprint density at radius 2 is 1.74 bits per heavy atom. The highest BCUT2D eigenvalue weighted by Gasteiger charge is 2.15. The van der Waals surface area contributed by atoms with E-state index in [0.29, 0.717) is 30.4 Å². The molecule has 0 unspecified atom stereocenters. The van der Waals surface area contributed by atoms with Crippen LogP contribution in [0.2, 0.25) is 0 Å². The van der Waals surface area contributed by atoms with Crippen molar-refractivity contribution in [3.05, 3.63) is 22.2 Å². The molecular weight excluding hydrogens is 358 g/mol. The van der Waals surface area contributed by atoms with Crippen molar-refractivity contribution in [1.29, 1.82) is 0 Å². The van der Waals surface area contributed by atoms with Gasteiger partial charge in [-0.3, -0.25) is 4.79 Å². The number of ether oxygens (including phenoxy) is 2. The second-order valence-corrected chi connectivity index (χ2v) is 6.91. The predicted octanol–water partition coefficient (Wildman–Crippen LogP) is 4.24. The number of rotatable bonds is 6. The number of nitrogens with one attached hydrogen (secondary N) is 1. The highest BCUT2D eigenvalue weighted by atomic mass is 79.9. The van der Waals surface area contributed by atoms with Crippen LogP contribution in [0.25, 0.3) is 0 Å². The third-order valence-corrected chi connectivity index (χ3v) is 5.13. The largest absolute Gasteiger partial charge is 0.493 e. The van der Waals surface area contributed by atoms with Crippen LogP contribution in [-0.2, 0) is 11.2 Å². The van der Waals surface area contributed by atoms with Crippen LogP contribution in [0.5, 0.6) is 11.5 Å². The SMILES string of the molecule is COc1cc(Br)c(CCC(=O)NC2CCCCCC2)cc1OC. The lowest BCUT2D eigenvalue weighted by Crippen LogP contribution is -2.34. The van der Waals surface area contributed by atoms with Gasteiger partial charge in [-0.05, 0) is 37.0 Å². The van der Waals surface area contributed by atoms with Crippen molar-refractivity contribution >= 4 is 21.8 Å². The van der Waals surface area contributed by atoms with E-state index in [2.05, 4.69) is 21.2 Å². The van der Waals surface area contributed by atoms with Crippen molar-refractivity contribution in [3.8, 4) is 11.5 Å². The zero-order valence-electron chi connectivity index (χ0n) is 14.0. The summed E-state index contributed by atoms with van der Waals surface area (Å²) < 4.78 is 11.5. The maximum atomic E-state index is 12.2. The molecule has 23 heavy (non-hydrogen) atoms. The molecule has 0 aromatic heterocycles. The van der Waals surface area contributed by atoms with Gasteiger partial charge in [0.05, 0.1) is 14.2 Å². The standard InChI is InChI=1S/C18H26BrNO3/c1-22-16-11-13(15(19)12-17(16)23-2)9-10-18(21)20-14-7-5-3-4-6-8-14/h11-12,14H,3-10H2,1-2H3,(H,20,21). The van der Waals surface area contributed by atoms with E-state index in [9.17, 15) is 4.79 Å². The van der Waals surface area contributed by atoms with Gasteiger partial charge in [-0.15, -0.1) is 0 Å². The predicted molar refractivity (Wildman–Crippen MR) is 95.2 cm³/mol. The minimum absolute atomic E-state index is 0.138. The Kier molecular flexibility index (Phi) is 7.21. The number of methoxy groups -OCH3 is 2. The van der Waals surface area contributed by atoms with Crippen LogP contribution in [0.1, 0.15) is 50.5 Å². The van der Waals surface area contributed by atoms with E-state index in [-0.39, 0.29) is 5.91 Å². The molecule has 0 bridgehead atoms. The Labute approximate surface area is 147 Å². The minimum Gasteiger partial charge on any atom is -0.493 e. The quantitative estimate of drug-likeness (QED) is 0.747. The van der Waals surface area contributed by atoms with E-state index in [1.54, 1.807) is 14.2 Å². The number of benzene rings is 1. The summed E-state index contributed by atoms with van der Waals surface area (Å²) in [5.41, 5.74) is 1.05. The van der Waals surface area contributed by atoms with Gasteiger partial charge in [0.2, 0.25) is 5.91 Å². The lowest BCUT2D eigenvalue weighted by molar-refractivity contribution is -0.121. The van der Waals surface area contributed by atoms with Gasteiger partial charge in [-0.1, -0.05) is 41.6 Å². The minimum atomic E-state index is 0.138. The monoisotopic (exact) mass is 383 g/mol. The first-order valence-corrected chi connectivity index (χ1v) is 9.13. The maximum absolute atomic E-state index is 12.2. The van der Waals surface area contributed by atoms with Crippen molar-refractivity contribution in [1.82, 2.24) is 5.32 Å². The lowest BCUT2D eigenvalue weighted by atomic mass is 10.1. The Balaban J connectivity index is 1.90. The molecule has 0 saturated heterocycles. The fraction of sp³-hybridized carbons (Fsp3) is 0.611. The van der Waals surface area contributed by atoms with E-state index < -0.39 is 0 Å². The number of carbonyl (C=O) groups is 1. The summed E-state index contributed by atoms with van der Waals surface area (Å²) in [7, 11) is 3.23. The molecule has 0 aliphatic heterocycles. The number of aryl methyl sites for hydroxylation is 1. The number of hydrogen-bond acceptors (Lipinski definition) is 3. The Morgan fingerprint density at radius 1 is 1.13 bits per heavy atom. The highest BCUT2D eigenvalue weighted by molar-refractivity contribution is 9.10. The molecule has 1 saturated carbocycles. The van der Waals surface area contributed by atoms with Gasteiger partial charge in [0, 0.05) is 16.9 Å². The molecular formula is C18H26BrNO3. The first kappa shape index (κ1) is 18.1. The summed E-state index contributed by atoms with van der Waals surface area (Å²) in [6.07, 6.45) is 8.45. The summed E-state index contributed by atoms with van der Waals surface area (Å²) in [4.78, 5) is 12.2. The van der Waals surface area contributed by atoms with E-state index in [1.165, 1.54) is 25.7 Å². The van der Waals surface area contributed by atoms with Crippen LogP contribution in [0.4, 0.5) is 0 Å². The fourth-order valence-corrected chi connectivity index (χ4v) is 3.58. The van der Waals surface area contributed by atoms with Gasteiger partial charge in [0.15, 0.2) is 11.5 Å². The van der Waals surface area contributed by atoms with E-state index in [1.807, 2.05) is 12.1 Å². The number of carbonyl (C=O) groups excluding carboxylic acids is 1. The molecule has 1 aromatic carbocycles. The van der Waals surface area contributed by atoms with Crippen molar-refractivity contribution < 1.29 is 14.3 Å². The summed E-state index contributed by atoms with van der Waals surface area (Å²) in [5.74, 6) is 1.51. The second kappa shape index (κ2) is 9.16. The average molecular weight is 384 g/mol. The molecule has 0 radical (unpaired) electrons. The number of hydrogen-bond donors (Lipinski definition) is 1. The van der Waals surface area contributed by atoms with Gasteiger partial charge in [-0.25, -0.2) is 0 Å². The normalized spacial score (nSPS) is 15.8. The Hall–Kier alpha value is -1.23. The second-order valence-electron chi connectivity index (χ2n) is 6.05. The zero-order valence-corrected chi connectivity index (χ0v) is 15.6. The van der Waals surface area contributed by atoms with Gasteiger partial charge >= 0.3 is 0 Å². The van der Waals surface area contributed by atoms with Gasteiger partial charge in [-0.2, -0.15) is 0 Å². The number of amides is 1. The maximum Gasteiger partial charge on any atom is 0.220 e. The number of halogens is 1. The van der Waals surface area contributed by atoms with Crippen LogP contribution < -0.4 is 14.8 Å². The van der Waals surface area contributed by atoms with Crippen LogP contribution in [0, 0.1) is 0 Å². The average Bonchev–Trinajstić information content (AvgIpc) is 2.82. The lowest BCUT2D eigenvalue weighted by Gasteiger charge is -2.16. The molecule has 0 heterocycles. The van der Waals surface area contributed by atoms with Crippen LogP contribution in [-0.4, -0.2) is 26.2 Å². The molecule has 1 aromatic rings. The zero-order chi connectivity index (χ0) is 16.7. The van der Waals surface area contributed by atoms with Crippen LogP contribution in [0.3, 0.4) is 0 Å². The molecule has 128 valence electrons. The van der Waals surface area contributed by atoms with Crippen molar-refractivity contribution in [2.45, 2.75) is 57.4 Å². The third-order valence-electron chi connectivity index (χ3n) is 4.39. The Bertz CT molecular complexity index is 525. The molecule has 1 fully saturated rings. The van der Waals surface area contributed by atoms with E-state index >= 15 is 0 Å². The molecule has 5 heteroatoms. The van der Waals surface area contributed by atoms with Gasteiger partial charge in [0.1, 0.15) is 0 Å². The molecule has 4 nitrogen and oxygen atoms in total. The summed E-state index contributed by atoms with van der Waals surface area (Å²) >= 11 is 3.54. The fourth-order valence-electron chi connectivity index (χ4n) is 3.06. The Morgan fingerprint density at radius 3 is 2.35 bits per heavy atom. The van der Waals surface area contributed by atoms with E-state index in [4.69, 9.17) is 9.47 Å². The molecule has 0 spiro atoms. The first-order valence-electron chi connectivity index (χ1n) is 8.33. The van der Waals surface area contributed by atoms with Crippen molar-refractivity contribution in [2.24, 2.45) is 0 Å². The molecule has 1 aliphatic rings. The molecule has 1 amide bonds. The van der Waals surface area contributed by atoms with Gasteiger partial charge in [0.25, 0.3) is 0 Å². The van der Waals surface area contributed by atoms with Gasteiger partial charge < -0.3 is 14.8 Å². The molecule has 2 rings (SSSR count). The third kappa shape index (κ3) is 5.41. The first-order chi connectivity index (χ1) is 11.1. The summed E-state index contributed by atoms with van der Waals surface area (Å²) in [6.45, 7) is 0. The summed E-state index contributed by atoms with van der Waals surface area (Å²) in [6, 6.07) is 4.18. The molecule has 1 N–H and O–H groups in total. The van der Waals surface area contributed by atoms with Crippen LogP contribution >= 0.6 is 15.9 Å². The van der Waals surface area contributed by atoms with Crippen LogP contribution in [0.15, 0.2) is 16.6 Å². The highest BCUT2D eigenvalue weighted by Crippen LogP contribution is 2.33. The van der Waals surface area contributed by atoms with Crippen molar-refractivity contribution in [2.75, 3.05) is 14.2 Å². The molecule has 0 atom stereocenters.